The number of hydrogen-bond acceptors (Lipinski definition) is 4. The van der Waals surface area contributed by atoms with Crippen molar-refractivity contribution in [2.24, 2.45) is 0 Å². The zero-order valence-corrected chi connectivity index (χ0v) is 14.3. The molecule has 1 aliphatic heterocycles. The molecule has 3 heterocycles. The molecule has 26 heavy (non-hydrogen) atoms. The third kappa shape index (κ3) is 3.44. The first-order valence-electron chi connectivity index (χ1n) is 8.68. The fourth-order valence-corrected chi connectivity index (χ4v) is 3.15. The first-order chi connectivity index (χ1) is 12.7. The van der Waals surface area contributed by atoms with Crippen molar-refractivity contribution in [3.8, 4) is 0 Å². The van der Waals surface area contributed by atoms with Crippen molar-refractivity contribution >= 4 is 5.91 Å². The summed E-state index contributed by atoms with van der Waals surface area (Å²) in [4.78, 5) is 32.6. The number of rotatable bonds is 4. The maximum absolute atomic E-state index is 12.6. The van der Waals surface area contributed by atoms with E-state index in [-0.39, 0.29) is 11.5 Å². The summed E-state index contributed by atoms with van der Waals surface area (Å²) < 4.78 is 5.88. The molecule has 0 unspecified atom stereocenters. The van der Waals surface area contributed by atoms with Gasteiger partial charge in [0.25, 0.3) is 5.91 Å². The topological polar surface area (TPSA) is 79.2 Å². The molecule has 1 amide bonds. The lowest BCUT2D eigenvalue weighted by Crippen LogP contribution is -2.36. The van der Waals surface area contributed by atoms with E-state index in [0.29, 0.717) is 25.1 Å². The van der Waals surface area contributed by atoms with Crippen LogP contribution in [0.15, 0.2) is 57.9 Å². The number of aryl methyl sites for hydroxylation is 2. The van der Waals surface area contributed by atoms with Crippen LogP contribution >= 0.6 is 0 Å². The summed E-state index contributed by atoms with van der Waals surface area (Å²) in [6.07, 6.45) is 3.72. The minimum absolute atomic E-state index is 0.110. The van der Waals surface area contributed by atoms with Gasteiger partial charge in [0, 0.05) is 31.6 Å². The van der Waals surface area contributed by atoms with Gasteiger partial charge in [-0.25, -0.2) is 4.98 Å². The van der Waals surface area contributed by atoms with Gasteiger partial charge in [0.05, 0.1) is 12.1 Å². The number of carbonyl (C=O) groups is 1. The number of carbonyl (C=O) groups excluding carboxylic acids is 1. The first-order valence-corrected chi connectivity index (χ1v) is 8.68. The second kappa shape index (κ2) is 7.00. The Balaban J connectivity index is 1.43. The highest BCUT2D eigenvalue weighted by Gasteiger charge is 2.26. The maximum atomic E-state index is 12.6. The highest BCUT2D eigenvalue weighted by molar-refractivity contribution is 5.93. The molecule has 4 rings (SSSR count). The van der Waals surface area contributed by atoms with Gasteiger partial charge in [0.2, 0.25) is 5.56 Å². The van der Waals surface area contributed by atoms with Crippen LogP contribution in [0.25, 0.3) is 0 Å². The van der Waals surface area contributed by atoms with Crippen molar-refractivity contribution in [3.05, 3.63) is 87.5 Å². The number of oxazole rings is 1. The van der Waals surface area contributed by atoms with E-state index in [1.165, 1.54) is 17.8 Å². The number of nitrogens with zero attached hydrogens (tertiary/aromatic N) is 2. The fraction of sp³-hybridized carbons (Fsp3) is 0.250. The number of benzene rings is 1. The third-order valence-electron chi connectivity index (χ3n) is 4.56. The minimum Gasteiger partial charge on any atom is -0.445 e. The molecule has 1 aliphatic rings. The Morgan fingerprint density at radius 3 is 2.77 bits per heavy atom. The summed E-state index contributed by atoms with van der Waals surface area (Å²) in [5, 5.41) is 0. The van der Waals surface area contributed by atoms with Gasteiger partial charge in [-0.15, -0.1) is 0 Å². The van der Waals surface area contributed by atoms with Crippen molar-refractivity contribution in [2.75, 3.05) is 6.54 Å². The molecular formula is C20H19N3O3. The predicted molar refractivity (Wildman–Crippen MR) is 95.9 cm³/mol. The van der Waals surface area contributed by atoms with Gasteiger partial charge < -0.3 is 14.3 Å². The Morgan fingerprint density at radius 1 is 1.15 bits per heavy atom. The molecule has 1 aromatic carbocycles. The Labute approximate surface area is 150 Å². The molecule has 3 aromatic rings. The van der Waals surface area contributed by atoms with Crippen molar-refractivity contribution in [2.45, 2.75) is 25.8 Å². The van der Waals surface area contributed by atoms with E-state index >= 15 is 0 Å². The first kappa shape index (κ1) is 16.3. The van der Waals surface area contributed by atoms with Crippen LogP contribution in [0.1, 0.15) is 33.3 Å². The molecule has 0 saturated carbocycles. The molecule has 6 heteroatoms. The van der Waals surface area contributed by atoms with E-state index in [2.05, 4.69) is 22.1 Å². The number of nitrogens with one attached hydrogen (secondary N) is 1. The lowest BCUT2D eigenvalue weighted by atomic mass is 10.1. The molecule has 0 fully saturated rings. The van der Waals surface area contributed by atoms with E-state index in [4.69, 9.17) is 4.42 Å². The molecule has 0 saturated heterocycles. The summed E-state index contributed by atoms with van der Waals surface area (Å²) >= 11 is 0. The Bertz CT molecular complexity index is 955. The van der Waals surface area contributed by atoms with Crippen LogP contribution in [0.5, 0.6) is 0 Å². The number of aromatic amines is 1. The van der Waals surface area contributed by atoms with E-state index < -0.39 is 0 Å². The van der Waals surface area contributed by atoms with Crippen molar-refractivity contribution in [3.63, 3.8) is 0 Å². The highest BCUT2D eigenvalue weighted by Crippen LogP contribution is 2.22. The van der Waals surface area contributed by atoms with Gasteiger partial charge in [0.1, 0.15) is 11.5 Å². The number of H-pyrrole nitrogens is 1. The molecule has 0 spiro atoms. The summed E-state index contributed by atoms with van der Waals surface area (Å²) in [7, 11) is 0. The van der Waals surface area contributed by atoms with Crippen molar-refractivity contribution in [1.29, 1.82) is 0 Å². The van der Waals surface area contributed by atoms with E-state index in [0.717, 1.165) is 30.2 Å². The molecule has 6 nitrogen and oxygen atoms in total. The third-order valence-corrected chi connectivity index (χ3v) is 4.56. The normalized spacial score (nSPS) is 13.5. The lowest BCUT2D eigenvalue weighted by Gasteiger charge is -2.25. The van der Waals surface area contributed by atoms with Crippen LogP contribution in [0.3, 0.4) is 0 Å². The quantitative estimate of drug-likeness (QED) is 0.784. The zero-order valence-electron chi connectivity index (χ0n) is 14.3. The highest BCUT2D eigenvalue weighted by atomic mass is 16.4. The Hall–Kier alpha value is -3.15. The molecule has 0 atom stereocenters. The van der Waals surface area contributed by atoms with Gasteiger partial charge in [-0.2, -0.15) is 0 Å². The lowest BCUT2D eigenvalue weighted by molar-refractivity contribution is 0.0727. The molecule has 132 valence electrons. The van der Waals surface area contributed by atoms with E-state index in [9.17, 15) is 9.59 Å². The average Bonchev–Trinajstić information content (AvgIpc) is 3.09. The molecular weight excluding hydrogens is 330 g/mol. The molecule has 1 N–H and O–H groups in total. The maximum Gasteiger partial charge on any atom is 0.255 e. The monoisotopic (exact) mass is 349 g/mol. The standard InChI is InChI=1S/C20H19N3O3/c24-18-8-7-15(12-21-18)20(25)23-11-10-17-16(13-23)22-19(26-17)9-6-14-4-2-1-3-5-14/h1-5,7-8,12H,6,9-11,13H2,(H,21,24). The average molecular weight is 349 g/mol. The number of amides is 1. The van der Waals surface area contributed by atoms with Gasteiger partial charge in [-0.1, -0.05) is 30.3 Å². The molecule has 0 radical (unpaired) electrons. The van der Waals surface area contributed by atoms with Crippen molar-refractivity contribution < 1.29 is 9.21 Å². The number of pyridine rings is 1. The number of fused-ring (bicyclic) bond motifs is 1. The van der Waals surface area contributed by atoms with Gasteiger partial charge >= 0.3 is 0 Å². The number of hydrogen-bond donors (Lipinski definition) is 1. The summed E-state index contributed by atoms with van der Waals surface area (Å²) in [6, 6.07) is 13.1. The van der Waals surface area contributed by atoms with Gasteiger partial charge in [-0.3, -0.25) is 9.59 Å². The van der Waals surface area contributed by atoms with E-state index in [1.807, 2.05) is 18.2 Å². The van der Waals surface area contributed by atoms with E-state index in [1.54, 1.807) is 11.0 Å². The number of aromatic nitrogens is 2. The van der Waals surface area contributed by atoms with Crippen molar-refractivity contribution in [1.82, 2.24) is 14.9 Å². The van der Waals surface area contributed by atoms with Crippen LogP contribution < -0.4 is 5.56 Å². The fourth-order valence-electron chi connectivity index (χ4n) is 3.15. The van der Waals surface area contributed by atoms with Gasteiger partial charge in [0.15, 0.2) is 5.89 Å². The Kier molecular flexibility index (Phi) is 4.39. The molecule has 0 aliphatic carbocycles. The SMILES string of the molecule is O=C(c1ccc(=O)[nH]c1)N1CCc2oc(CCc3ccccc3)nc2C1. The molecule has 2 aromatic heterocycles. The molecule has 0 bridgehead atoms. The Morgan fingerprint density at radius 2 is 2.00 bits per heavy atom. The van der Waals surface area contributed by atoms with Gasteiger partial charge in [-0.05, 0) is 18.1 Å². The predicted octanol–water partition coefficient (Wildman–Crippen LogP) is 2.35. The van der Waals surface area contributed by atoms with Crippen LogP contribution in [0, 0.1) is 0 Å². The zero-order chi connectivity index (χ0) is 17.9. The van der Waals surface area contributed by atoms with Crippen LogP contribution in [-0.4, -0.2) is 27.3 Å². The smallest absolute Gasteiger partial charge is 0.255 e. The summed E-state index contributed by atoms with van der Waals surface area (Å²) in [6.45, 7) is 1.01. The summed E-state index contributed by atoms with van der Waals surface area (Å²) in [5.41, 5.74) is 2.33. The van der Waals surface area contributed by atoms with Crippen LogP contribution in [-0.2, 0) is 25.8 Å². The minimum atomic E-state index is -0.220. The van der Waals surface area contributed by atoms with Crippen LogP contribution in [0.2, 0.25) is 0 Å². The second-order valence-electron chi connectivity index (χ2n) is 6.38. The second-order valence-corrected chi connectivity index (χ2v) is 6.38. The summed E-state index contributed by atoms with van der Waals surface area (Å²) in [5.74, 6) is 1.48. The largest absolute Gasteiger partial charge is 0.445 e. The van der Waals surface area contributed by atoms with Crippen LogP contribution in [0.4, 0.5) is 0 Å².